The van der Waals surface area contributed by atoms with Gasteiger partial charge in [-0.05, 0) is 72.7 Å². The molecular formula is C23H48O3Si4. The SMILES string of the molecule is C=C(C[SiH]1CCCCO1)C1(C)O[Si](C[SiH]2CCCCO2)(C(C)[Si](C)(C)C)CCC1C. The summed E-state index contributed by atoms with van der Waals surface area (Å²) in [7, 11) is -5.47. The molecule has 6 unspecified atom stereocenters. The molecule has 0 aromatic rings. The summed E-state index contributed by atoms with van der Waals surface area (Å²) in [5.41, 5.74) is 2.54. The monoisotopic (exact) mass is 484 g/mol. The van der Waals surface area contributed by atoms with Gasteiger partial charge in [-0.15, -0.1) is 0 Å². The van der Waals surface area contributed by atoms with Crippen LogP contribution in [0.25, 0.3) is 0 Å². The van der Waals surface area contributed by atoms with Crippen LogP contribution in [0.1, 0.15) is 52.9 Å². The maximum absolute atomic E-state index is 7.56. The number of hydrogen-bond acceptors (Lipinski definition) is 3. The van der Waals surface area contributed by atoms with Crippen molar-refractivity contribution in [2.75, 3.05) is 13.2 Å². The summed E-state index contributed by atoms with van der Waals surface area (Å²) in [6.07, 6.45) is 6.56. The topological polar surface area (TPSA) is 27.7 Å². The Morgan fingerprint density at radius 3 is 2.23 bits per heavy atom. The second-order valence-electron chi connectivity index (χ2n) is 11.8. The van der Waals surface area contributed by atoms with Gasteiger partial charge in [0.1, 0.15) is 0 Å². The zero-order valence-electron chi connectivity index (χ0n) is 20.7. The van der Waals surface area contributed by atoms with Crippen molar-refractivity contribution in [2.24, 2.45) is 5.92 Å². The van der Waals surface area contributed by atoms with Gasteiger partial charge in [0.25, 0.3) is 0 Å². The predicted octanol–water partition coefficient (Wildman–Crippen LogP) is 6.18. The van der Waals surface area contributed by atoms with Crippen molar-refractivity contribution in [3.05, 3.63) is 12.2 Å². The predicted molar refractivity (Wildman–Crippen MR) is 140 cm³/mol. The molecule has 0 N–H and O–H groups in total. The first-order chi connectivity index (χ1) is 14.1. The van der Waals surface area contributed by atoms with Gasteiger partial charge in [0.05, 0.1) is 5.60 Å². The van der Waals surface area contributed by atoms with E-state index in [1.165, 1.54) is 61.5 Å². The molecule has 0 aliphatic carbocycles. The van der Waals surface area contributed by atoms with Gasteiger partial charge < -0.3 is 13.3 Å². The van der Waals surface area contributed by atoms with Crippen LogP contribution in [-0.4, -0.2) is 53.3 Å². The van der Waals surface area contributed by atoms with Crippen LogP contribution in [0.3, 0.4) is 0 Å². The van der Waals surface area contributed by atoms with Crippen LogP contribution in [0.5, 0.6) is 0 Å². The van der Waals surface area contributed by atoms with Crippen molar-refractivity contribution in [1.82, 2.24) is 0 Å². The normalized spacial score (nSPS) is 39.5. The highest BCUT2D eigenvalue weighted by molar-refractivity contribution is 6.98. The quantitative estimate of drug-likeness (QED) is 0.319. The fourth-order valence-corrected chi connectivity index (χ4v) is 27.8. The first kappa shape index (κ1) is 25.1. The molecule has 0 aromatic heterocycles. The molecule has 3 aliphatic heterocycles. The molecule has 3 rings (SSSR count). The van der Waals surface area contributed by atoms with Crippen LogP contribution in [-0.2, 0) is 13.3 Å². The minimum atomic E-state index is -1.90. The fourth-order valence-electron chi connectivity index (χ4n) is 5.94. The van der Waals surface area contributed by atoms with E-state index in [0.29, 0.717) is 5.92 Å². The van der Waals surface area contributed by atoms with Gasteiger partial charge in [0.15, 0.2) is 26.4 Å². The summed E-state index contributed by atoms with van der Waals surface area (Å²) in [5, 5.41) is 0.769. The van der Waals surface area contributed by atoms with Crippen molar-refractivity contribution in [2.45, 2.75) is 113 Å². The van der Waals surface area contributed by atoms with E-state index >= 15 is 0 Å². The Bertz CT molecular complexity index is 583. The Hall–Kier alpha value is 0.488. The lowest BCUT2D eigenvalue weighted by molar-refractivity contribution is 0.0353. The smallest absolute Gasteiger partial charge is 0.193 e. The maximum atomic E-state index is 7.56. The molecule has 0 radical (unpaired) electrons. The summed E-state index contributed by atoms with van der Waals surface area (Å²) in [4.78, 5) is 0. The largest absolute Gasteiger partial charge is 0.420 e. The minimum absolute atomic E-state index is 0.157. The highest BCUT2D eigenvalue weighted by Crippen LogP contribution is 2.51. The molecule has 174 valence electrons. The molecule has 3 nitrogen and oxygen atoms in total. The number of hydrogen-bond donors (Lipinski definition) is 0. The zero-order valence-corrected chi connectivity index (χ0v) is 25.0. The van der Waals surface area contributed by atoms with E-state index in [9.17, 15) is 0 Å². The molecule has 3 saturated heterocycles. The summed E-state index contributed by atoms with van der Waals surface area (Å²) < 4.78 is 20.2. The Kier molecular flexibility index (Phi) is 8.52. The molecule has 3 aliphatic rings. The van der Waals surface area contributed by atoms with Gasteiger partial charge in [0.2, 0.25) is 0 Å². The van der Waals surface area contributed by atoms with E-state index in [1.807, 2.05) is 0 Å². The molecule has 0 aromatic carbocycles. The third-order valence-corrected chi connectivity index (χ3v) is 28.1. The van der Waals surface area contributed by atoms with Crippen molar-refractivity contribution < 1.29 is 13.3 Å². The molecule has 0 amide bonds. The van der Waals surface area contributed by atoms with E-state index in [0.717, 1.165) is 24.4 Å². The van der Waals surface area contributed by atoms with Gasteiger partial charge in [-0.25, -0.2) is 0 Å². The van der Waals surface area contributed by atoms with Gasteiger partial charge in [-0.2, -0.15) is 0 Å². The summed E-state index contributed by atoms with van der Waals surface area (Å²) in [5.74, 6) is 0.561. The lowest BCUT2D eigenvalue weighted by atomic mass is 9.83. The van der Waals surface area contributed by atoms with E-state index < -0.39 is 34.5 Å². The van der Waals surface area contributed by atoms with Gasteiger partial charge in [0, 0.05) is 21.3 Å². The highest BCUT2D eigenvalue weighted by Gasteiger charge is 2.56. The lowest BCUT2D eigenvalue weighted by Crippen LogP contribution is -2.62. The van der Waals surface area contributed by atoms with Gasteiger partial charge in [-0.1, -0.05) is 52.9 Å². The second-order valence-corrected chi connectivity index (χ2v) is 28.0. The molecule has 0 bridgehead atoms. The fraction of sp³-hybridized carbons (Fsp3) is 0.913. The van der Waals surface area contributed by atoms with Crippen LogP contribution in [0, 0.1) is 5.92 Å². The molecular weight excluding hydrogens is 437 g/mol. The van der Waals surface area contributed by atoms with Gasteiger partial charge >= 0.3 is 0 Å². The van der Waals surface area contributed by atoms with Crippen molar-refractivity contribution in [1.29, 1.82) is 0 Å². The molecule has 6 atom stereocenters. The second kappa shape index (κ2) is 10.2. The third-order valence-electron chi connectivity index (χ3n) is 8.74. The van der Waals surface area contributed by atoms with Gasteiger partial charge in [-0.3, -0.25) is 0 Å². The number of rotatable bonds is 7. The molecule has 3 fully saturated rings. The molecule has 30 heavy (non-hydrogen) atoms. The summed E-state index contributed by atoms with van der Waals surface area (Å²) in [6.45, 7) is 21.7. The highest BCUT2D eigenvalue weighted by atomic mass is 28.4. The zero-order chi connectivity index (χ0) is 22.0. The summed E-state index contributed by atoms with van der Waals surface area (Å²) >= 11 is 0. The summed E-state index contributed by atoms with van der Waals surface area (Å²) in [6, 6.07) is 5.14. The van der Waals surface area contributed by atoms with Crippen molar-refractivity contribution >= 4 is 34.5 Å². The van der Waals surface area contributed by atoms with E-state index in [4.69, 9.17) is 13.3 Å². The van der Waals surface area contributed by atoms with E-state index in [1.54, 1.807) is 0 Å². The lowest BCUT2D eigenvalue weighted by Gasteiger charge is -2.55. The van der Waals surface area contributed by atoms with E-state index in [2.05, 4.69) is 47.0 Å². The van der Waals surface area contributed by atoms with Crippen LogP contribution >= 0.6 is 0 Å². The molecule has 3 heterocycles. The molecule has 0 saturated carbocycles. The maximum Gasteiger partial charge on any atom is 0.193 e. The minimum Gasteiger partial charge on any atom is -0.420 e. The first-order valence-electron chi connectivity index (χ1n) is 12.7. The van der Waals surface area contributed by atoms with Crippen LogP contribution in [0.4, 0.5) is 0 Å². The Labute approximate surface area is 191 Å². The van der Waals surface area contributed by atoms with E-state index in [-0.39, 0.29) is 5.60 Å². The average Bonchev–Trinajstić information content (AvgIpc) is 2.71. The van der Waals surface area contributed by atoms with Crippen LogP contribution in [0.2, 0.25) is 54.6 Å². The van der Waals surface area contributed by atoms with Crippen molar-refractivity contribution in [3.8, 4) is 0 Å². The Morgan fingerprint density at radius 2 is 1.70 bits per heavy atom. The standard InChI is InChI=1S/C23H48O3Si4/c1-20-12-17-30(22(3)29(5,6)7,19-28-16-11-9-14-25-28)26-23(20,4)21(2)18-27-15-10-8-13-24-27/h20,22,27-28H,2,8-19H2,1,3-7H3. The molecule has 7 heteroatoms. The van der Waals surface area contributed by atoms with Crippen molar-refractivity contribution in [3.63, 3.8) is 0 Å². The Balaban J connectivity index is 1.83. The van der Waals surface area contributed by atoms with Crippen LogP contribution < -0.4 is 0 Å². The Morgan fingerprint density at radius 1 is 1.10 bits per heavy atom. The third kappa shape index (κ3) is 5.69. The first-order valence-corrected chi connectivity index (χ1v) is 22.9. The van der Waals surface area contributed by atoms with Crippen LogP contribution in [0.15, 0.2) is 12.2 Å². The average molecular weight is 485 g/mol. The molecule has 0 spiro atoms.